The molecule has 3 heteroatoms. The Morgan fingerprint density at radius 2 is 2.00 bits per heavy atom. The summed E-state index contributed by atoms with van der Waals surface area (Å²) in [5.74, 6) is 5.02. The lowest BCUT2D eigenvalue weighted by Gasteiger charge is -2.45. The number of hydrogen-bond donors (Lipinski definition) is 1. The normalized spacial score (nSPS) is 39.0. The van der Waals surface area contributed by atoms with Crippen molar-refractivity contribution in [2.75, 3.05) is 18.1 Å². The molecule has 2 N–H and O–H groups in total. The highest BCUT2D eigenvalue weighted by molar-refractivity contribution is 7.99. The second-order valence-corrected chi connectivity index (χ2v) is 8.55. The van der Waals surface area contributed by atoms with Crippen LogP contribution in [-0.4, -0.2) is 29.8 Å². The highest BCUT2D eigenvalue weighted by Gasteiger charge is 2.42. The number of rotatable bonds is 3. The monoisotopic (exact) mass is 297 g/mol. The van der Waals surface area contributed by atoms with Gasteiger partial charge < -0.3 is 10.5 Å². The van der Waals surface area contributed by atoms with Gasteiger partial charge in [0, 0.05) is 12.6 Å². The van der Waals surface area contributed by atoms with Crippen LogP contribution in [0.3, 0.4) is 0 Å². The minimum absolute atomic E-state index is 0.203. The van der Waals surface area contributed by atoms with Crippen molar-refractivity contribution in [2.24, 2.45) is 23.5 Å². The Labute approximate surface area is 128 Å². The van der Waals surface area contributed by atoms with Crippen LogP contribution in [0.4, 0.5) is 0 Å². The van der Waals surface area contributed by atoms with E-state index < -0.39 is 0 Å². The molecule has 1 saturated carbocycles. The van der Waals surface area contributed by atoms with E-state index in [0.29, 0.717) is 12.0 Å². The summed E-state index contributed by atoms with van der Waals surface area (Å²) in [4.78, 5) is 0. The molecule has 0 aromatic rings. The molecule has 0 bridgehead atoms. The summed E-state index contributed by atoms with van der Waals surface area (Å²) in [6, 6.07) is 0.432. The Kier molecular flexibility index (Phi) is 4.99. The maximum Gasteiger partial charge on any atom is 0.0701 e. The van der Waals surface area contributed by atoms with Gasteiger partial charge in [0.25, 0.3) is 0 Å². The van der Waals surface area contributed by atoms with Crippen LogP contribution in [0.25, 0.3) is 0 Å². The lowest BCUT2D eigenvalue weighted by atomic mass is 9.75. The van der Waals surface area contributed by atoms with Crippen molar-refractivity contribution in [1.29, 1.82) is 0 Å². The van der Waals surface area contributed by atoms with Gasteiger partial charge in [-0.15, -0.1) is 0 Å². The SMILES string of the molecule is CCC1CCC(C(N)C2CCOC3(CCSCC3)C2)C1. The van der Waals surface area contributed by atoms with E-state index in [-0.39, 0.29) is 5.60 Å². The van der Waals surface area contributed by atoms with Crippen LogP contribution in [0.2, 0.25) is 0 Å². The fourth-order valence-corrected chi connectivity index (χ4v) is 5.94. The highest BCUT2D eigenvalue weighted by Crippen LogP contribution is 2.44. The predicted molar refractivity (Wildman–Crippen MR) is 87.1 cm³/mol. The first kappa shape index (κ1) is 15.2. The van der Waals surface area contributed by atoms with Gasteiger partial charge in [0.05, 0.1) is 5.60 Å². The van der Waals surface area contributed by atoms with Gasteiger partial charge in [-0.3, -0.25) is 0 Å². The van der Waals surface area contributed by atoms with Gasteiger partial charge in [-0.05, 0) is 67.8 Å². The van der Waals surface area contributed by atoms with E-state index in [1.165, 1.54) is 62.9 Å². The van der Waals surface area contributed by atoms with Gasteiger partial charge in [-0.25, -0.2) is 0 Å². The minimum Gasteiger partial charge on any atom is -0.375 e. The number of nitrogens with two attached hydrogens (primary N) is 1. The van der Waals surface area contributed by atoms with Crippen molar-refractivity contribution in [3.8, 4) is 0 Å². The quantitative estimate of drug-likeness (QED) is 0.860. The molecule has 4 atom stereocenters. The standard InChI is InChI=1S/C17H31NOS/c1-2-13-3-4-14(11-13)16(18)15-5-8-19-17(12-15)6-9-20-10-7-17/h13-16H,2-12,18H2,1H3. The molecular weight excluding hydrogens is 266 g/mol. The van der Waals surface area contributed by atoms with Crippen LogP contribution in [-0.2, 0) is 4.74 Å². The van der Waals surface area contributed by atoms with Crippen LogP contribution in [0, 0.1) is 17.8 Å². The molecule has 4 unspecified atom stereocenters. The highest BCUT2D eigenvalue weighted by atomic mass is 32.2. The summed E-state index contributed by atoms with van der Waals surface area (Å²) in [5.41, 5.74) is 6.90. The maximum absolute atomic E-state index is 6.70. The van der Waals surface area contributed by atoms with Gasteiger partial charge >= 0.3 is 0 Å². The van der Waals surface area contributed by atoms with Gasteiger partial charge in [-0.2, -0.15) is 11.8 Å². The molecule has 1 spiro atoms. The lowest BCUT2D eigenvalue weighted by Crippen LogP contribution is -2.49. The topological polar surface area (TPSA) is 35.2 Å². The molecule has 0 aromatic carbocycles. The molecule has 1 aliphatic carbocycles. The van der Waals surface area contributed by atoms with Gasteiger partial charge in [-0.1, -0.05) is 19.8 Å². The van der Waals surface area contributed by atoms with E-state index in [1.54, 1.807) is 0 Å². The zero-order valence-corrected chi connectivity index (χ0v) is 13.8. The Morgan fingerprint density at radius 3 is 2.70 bits per heavy atom. The molecule has 3 aliphatic rings. The summed E-state index contributed by atoms with van der Waals surface area (Å²) in [6.45, 7) is 3.29. The van der Waals surface area contributed by atoms with Gasteiger partial charge in [0.15, 0.2) is 0 Å². The predicted octanol–water partition coefficient (Wildman–Crippen LogP) is 3.83. The third kappa shape index (κ3) is 3.20. The Bertz CT molecular complexity index is 311. The summed E-state index contributed by atoms with van der Waals surface area (Å²) < 4.78 is 6.22. The van der Waals surface area contributed by atoms with Crippen molar-refractivity contribution >= 4 is 11.8 Å². The third-order valence-corrected chi connectivity index (χ3v) is 7.17. The van der Waals surface area contributed by atoms with E-state index in [0.717, 1.165) is 18.4 Å². The number of hydrogen-bond acceptors (Lipinski definition) is 3. The van der Waals surface area contributed by atoms with E-state index in [9.17, 15) is 0 Å². The summed E-state index contributed by atoms with van der Waals surface area (Å²) in [5, 5.41) is 0. The largest absolute Gasteiger partial charge is 0.375 e. The minimum atomic E-state index is 0.203. The first-order valence-corrected chi connectivity index (χ1v) is 9.85. The molecule has 20 heavy (non-hydrogen) atoms. The first-order chi connectivity index (χ1) is 9.72. The number of ether oxygens (including phenoxy) is 1. The van der Waals surface area contributed by atoms with Gasteiger partial charge in [0.2, 0.25) is 0 Å². The molecule has 2 aliphatic heterocycles. The first-order valence-electron chi connectivity index (χ1n) is 8.70. The van der Waals surface area contributed by atoms with Crippen molar-refractivity contribution in [3.05, 3.63) is 0 Å². The summed E-state index contributed by atoms with van der Waals surface area (Å²) >= 11 is 2.09. The number of thioether (sulfide) groups is 1. The fourth-order valence-electron chi connectivity index (χ4n) is 4.70. The summed E-state index contributed by atoms with van der Waals surface area (Å²) in [7, 11) is 0. The molecule has 116 valence electrons. The Hall–Kier alpha value is 0.270. The zero-order valence-electron chi connectivity index (χ0n) is 13.0. The molecule has 0 aromatic heterocycles. The second-order valence-electron chi connectivity index (χ2n) is 7.32. The summed E-state index contributed by atoms with van der Waals surface area (Å²) in [6.07, 6.45) is 10.5. The molecule has 3 rings (SSSR count). The van der Waals surface area contributed by atoms with Crippen LogP contribution >= 0.6 is 11.8 Å². The van der Waals surface area contributed by atoms with Crippen LogP contribution in [0.5, 0.6) is 0 Å². The van der Waals surface area contributed by atoms with Crippen molar-refractivity contribution in [1.82, 2.24) is 0 Å². The zero-order chi connectivity index (χ0) is 14.0. The van der Waals surface area contributed by atoms with Crippen LogP contribution in [0.1, 0.15) is 58.3 Å². The molecule has 2 heterocycles. The molecule has 2 saturated heterocycles. The second kappa shape index (κ2) is 6.58. The van der Waals surface area contributed by atoms with Crippen LogP contribution < -0.4 is 5.73 Å². The average molecular weight is 298 g/mol. The van der Waals surface area contributed by atoms with E-state index in [2.05, 4.69) is 18.7 Å². The van der Waals surface area contributed by atoms with E-state index in [4.69, 9.17) is 10.5 Å². The lowest BCUT2D eigenvalue weighted by molar-refractivity contribution is -0.108. The maximum atomic E-state index is 6.70. The van der Waals surface area contributed by atoms with E-state index >= 15 is 0 Å². The third-order valence-electron chi connectivity index (χ3n) is 6.18. The molecule has 0 radical (unpaired) electrons. The molecular formula is C17H31NOS. The van der Waals surface area contributed by atoms with Crippen molar-refractivity contribution in [2.45, 2.75) is 69.9 Å². The van der Waals surface area contributed by atoms with Crippen molar-refractivity contribution in [3.63, 3.8) is 0 Å². The van der Waals surface area contributed by atoms with E-state index in [1.807, 2.05) is 0 Å². The molecule has 0 amide bonds. The smallest absolute Gasteiger partial charge is 0.0701 e. The molecule has 3 fully saturated rings. The van der Waals surface area contributed by atoms with Crippen molar-refractivity contribution < 1.29 is 4.74 Å². The fraction of sp³-hybridized carbons (Fsp3) is 1.00. The Morgan fingerprint density at radius 1 is 1.20 bits per heavy atom. The van der Waals surface area contributed by atoms with Crippen LogP contribution in [0.15, 0.2) is 0 Å². The average Bonchev–Trinajstić information content (AvgIpc) is 2.96. The molecule has 2 nitrogen and oxygen atoms in total. The Balaban J connectivity index is 1.59. The van der Waals surface area contributed by atoms with Gasteiger partial charge in [0.1, 0.15) is 0 Å².